The molecule has 0 aromatic heterocycles. The lowest BCUT2D eigenvalue weighted by molar-refractivity contribution is -0.150. The number of halogens is 1. The van der Waals surface area contributed by atoms with Crippen molar-refractivity contribution in [3.63, 3.8) is 0 Å². The first-order chi connectivity index (χ1) is 12.9. The molecule has 0 atom stereocenters. The minimum Gasteiger partial charge on any atom is -0.496 e. The normalized spacial score (nSPS) is 10.2. The molecule has 1 amide bonds. The van der Waals surface area contributed by atoms with E-state index in [-0.39, 0.29) is 19.8 Å². The van der Waals surface area contributed by atoms with E-state index in [0.717, 1.165) is 16.7 Å². The molecular weight excluding hydrogens is 370 g/mol. The van der Waals surface area contributed by atoms with Crippen molar-refractivity contribution >= 4 is 23.5 Å². The van der Waals surface area contributed by atoms with Crippen LogP contribution in [0.5, 0.6) is 11.5 Å². The van der Waals surface area contributed by atoms with Crippen molar-refractivity contribution < 1.29 is 23.8 Å². The average molecular weight is 392 g/mol. The lowest BCUT2D eigenvalue weighted by Gasteiger charge is -2.12. The van der Waals surface area contributed by atoms with Crippen molar-refractivity contribution in [2.45, 2.75) is 20.4 Å². The highest BCUT2D eigenvalue weighted by atomic mass is 35.5. The fraction of sp³-hybridized carbons (Fsp3) is 0.300. The molecule has 7 heteroatoms. The average Bonchev–Trinajstić information content (AvgIpc) is 2.64. The van der Waals surface area contributed by atoms with Crippen LogP contribution in [-0.4, -0.2) is 32.2 Å². The summed E-state index contributed by atoms with van der Waals surface area (Å²) in [7, 11) is 1.56. The smallest absolute Gasteiger partial charge is 0.344 e. The third kappa shape index (κ3) is 6.18. The third-order valence-corrected chi connectivity index (χ3v) is 4.01. The second-order valence-electron chi connectivity index (χ2n) is 5.91. The first-order valence-corrected chi connectivity index (χ1v) is 8.72. The summed E-state index contributed by atoms with van der Waals surface area (Å²) in [5.74, 6) is 0.221. The number of aryl methyl sites for hydroxylation is 2. The van der Waals surface area contributed by atoms with Gasteiger partial charge in [-0.15, -0.1) is 0 Å². The van der Waals surface area contributed by atoms with Gasteiger partial charge in [0.2, 0.25) is 0 Å². The molecule has 0 fully saturated rings. The van der Waals surface area contributed by atoms with Gasteiger partial charge in [-0.1, -0.05) is 29.8 Å². The Balaban J connectivity index is 1.76. The van der Waals surface area contributed by atoms with Gasteiger partial charge < -0.3 is 19.5 Å². The summed E-state index contributed by atoms with van der Waals surface area (Å²) in [5.41, 5.74) is 2.47. The Morgan fingerprint density at radius 2 is 1.74 bits per heavy atom. The van der Waals surface area contributed by atoms with Gasteiger partial charge in [-0.2, -0.15) is 0 Å². The number of amides is 1. The molecule has 0 saturated heterocycles. The zero-order chi connectivity index (χ0) is 19.8. The minimum atomic E-state index is -0.629. The van der Waals surface area contributed by atoms with E-state index in [1.54, 1.807) is 25.3 Å². The Labute approximate surface area is 163 Å². The number of carbonyl (C=O) groups excluding carboxylic acids is 2. The third-order valence-electron chi connectivity index (χ3n) is 3.79. The molecule has 0 bridgehead atoms. The second kappa shape index (κ2) is 9.83. The van der Waals surface area contributed by atoms with E-state index in [9.17, 15) is 9.59 Å². The standard InChI is InChI=1S/C20H22ClNO5/c1-13-8-16(21)9-14(2)20(13)27-12-19(24)26-11-18(23)22-10-15-6-4-5-7-17(15)25-3/h4-9H,10-12H2,1-3H3,(H,22,23). The molecule has 27 heavy (non-hydrogen) atoms. The molecule has 0 aliphatic carbocycles. The highest BCUT2D eigenvalue weighted by Crippen LogP contribution is 2.26. The largest absolute Gasteiger partial charge is 0.496 e. The van der Waals surface area contributed by atoms with Crippen molar-refractivity contribution in [1.82, 2.24) is 5.32 Å². The van der Waals surface area contributed by atoms with E-state index in [4.69, 9.17) is 25.8 Å². The molecule has 0 heterocycles. The van der Waals surface area contributed by atoms with Crippen LogP contribution in [0.15, 0.2) is 36.4 Å². The van der Waals surface area contributed by atoms with Crippen molar-refractivity contribution in [1.29, 1.82) is 0 Å². The summed E-state index contributed by atoms with van der Waals surface area (Å²) in [5, 5.41) is 3.28. The number of hydrogen-bond acceptors (Lipinski definition) is 5. The Morgan fingerprint density at radius 1 is 1.07 bits per heavy atom. The van der Waals surface area contributed by atoms with Crippen molar-refractivity contribution in [3.8, 4) is 11.5 Å². The van der Waals surface area contributed by atoms with Crippen LogP contribution >= 0.6 is 11.6 Å². The van der Waals surface area contributed by atoms with Crippen molar-refractivity contribution in [2.24, 2.45) is 0 Å². The number of hydrogen-bond donors (Lipinski definition) is 1. The molecule has 144 valence electrons. The van der Waals surface area contributed by atoms with E-state index in [2.05, 4.69) is 5.32 Å². The molecule has 0 aliphatic heterocycles. The number of nitrogens with one attached hydrogen (secondary N) is 1. The van der Waals surface area contributed by atoms with Crippen LogP contribution in [0.3, 0.4) is 0 Å². The van der Waals surface area contributed by atoms with Gasteiger partial charge in [-0.3, -0.25) is 4.79 Å². The predicted octanol–water partition coefficient (Wildman–Crippen LogP) is 3.20. The quantitative estimate of drug-likeness (QED) is 0.699. The van der Waals surface area contributed by atoms with Crippen molar-refractivity contribution in [3.05, 3.63) is 58.1 Å². The fourth-order valence-electron chi connectivity index (χ4n) is 2.54. The molecular formula is C20H22ClNO5. The lowest BCUT2D eigenvalue weighted by atomic mass is 10.1. The van der Waals surface area contributed by atoms with Crippen LogP contribution in [0.1, 0.15) is 16.7 Å². The van der Waals surface area contributed by atoms with Crippen molar-refractivity contribution in [2.75, 3.05) is 20.3 Å². The van der Waals surface area contributed by atoms with Crippen LogP contribution in [0.4, 0.5) is 0 Å². The first-order valence-electron chi connectivity index (χ1n) is 8.34. The Hall–Kier alpha value is -2.73. The summed E-state index contributed by atoms with van der Waals surface area (Å²) in [6.07, 6.45) is 0. The van der Waals surface area contributed by atoms with Crippen LogP contribution in [0.25, 0.3) is 0 Å². The number of methoxy groups -OCH3 is 1. The topological polar surface area (TPSA) is 73.9 Å². The molecule has 2 aromatic rings. The van der Waals surface area contributed by atoms with E-state index in [0.29, 0.717) is 16.5 Å². The predicted molar refractivity (Wildman–Crippen MR) is 102 cm³/mol. The maximum atomic E-state index is 11.9. The molecule has 0 aliphatic rings. The van der Waals surface area contributed by atoms with Gasteiger partial charge in [0.15, 0.2) is 13.2 Å². The van der Waals surface area contributed by atoms with Crippen LogP contribution in [0, 0.1) is 13.8 Å². The minimum absolute atomic E-state index is 0.278. The molecule has 2 rings (SSSR count). The Kier molecular flexibility index (Phi) is 7.49. The van der Waals surface area contributed by atoms with Gasteiger partial charge in [0.1, 0.15) is 11.5 Å². The molecule has 0 spiro atoms. The molecule has 1 N–H and O–H groups in total. The fourth-order valence-corrected chi connectivity index (χ4v) is 2.87. The van der Waals surface area contributed by atoms with Crippen LogP contribution in [-0.2, 0) is 20.9 Å². The number of esters is 1. The van der Waals surface area contributed by atoms with Gasteiger partial charge in [0, 0.05) is 17.1 Å². The van der Waals surface area contributed by atoms with Gasteiger partial charge >= 0.3 is 5.97 Å². The number of rotatable bonds is 8. The lowest BCUT2D eigenvalue weighted by Crippen LogP contribution is -2.29. The number of carbonyl (C=O) groups is 2. The zero-order valence-electron chi connectivity index (χ0n) is 15.5. The maximum absolute atomic E-state index is 11.9. The first kappa shape index (κ1) is 20.6. The van der Waals surface area contributed by atoms with Gasteiger partial charge in [0.25, 0.3) is 5.91 Å². The van der Waals surface area contributed by atoms with Crippen LogP contribution < -0.4 is 14.8 Å². The summed E-state index contributed by atoms with van der Waals surface area (Å²) < 4.78 is 15.7. The van der Waals surface area contributed by atoms with Gasteiger partial charge in [-0.05, 0) is 43.2 Å². The van der Waals surface area contributed by atoms with E-state index < -0.39 is 11.9 Å². The molecule has 0 saturated carbocycles. The number of para-hydroxylation sites is 1. The Bertz CT molecular complexity index is 799. The van der Waals surface area contributed by atoms with E-state index >= 15 is 0 Å². The van der Waals surface area contributed by atoms with E-state index in [1.807, 2.05) is 32.0 Å². The second-order valence-corrected chi connectivity index (χ2v) is 6.34. The SMILES string of the molecule is COc1ccccc1CNC(=O)COC(=O)COc1c(C)cc(Cl)cc1C. The molecule has 2 aromatic carbocycles. The van der Waals surface area contributed by atoms with Gasteiger partial charge in [0.05, 0.1) is 7.11 Å². The highest BCUT2D eigenvalue weighted by Gasteiger charge is 2.12. The van der Waals surface area contributed by atoms with Crippen LogP contribution in [0.2, 0.25) is 5.02 Å². The highest BCUT2D eigenvalue weighted by molar-refractivity contribution is 6.30. The van der Waals surface area contributed by atoms with E-state index in [1.165, 1.54) is 0 Å². The summed E-state index contributed by atoms with van der Waals surface area (Å²) in [4.78, 5) is 23.7. The summed E-state index contributed by atoms with van der Waals surface area (Å²) in [6.45, 7) is 3.29. The van der Waals surface area contributed by atoms with Gasteiger partial charge in [-0.25, -0.2) is 4.79 Å². The zero-order valence-corrected chi connectivity index (χ0v) is 16.3. The summed E-state index contributed by atoms with van der Waals surface area (Å²) in [6, 6.07) is 10.8. The number of benzene rings is 2. The Morgan fingerprint density at radius 3 is 2.41 bits per heavy atom. The molecule has 6 nitrogen and oxygen atoms in total. The molecule has 0 unspecified atom stereocenters. The molecule has 0 radical (unpaired) electrons. The monoisotopic (exact) mass is 391 g/mol. The maximum Gasteiger partial charge on any atom is 0.344 e. The number of ether oxygens (including phenoxy) is 3. The summed E-state index contributed by atoms with van der Waals surface area (Å²) >= 11 is 5.96.